The number of hydrogen-bond acceptors (Lipinski definition) is 2. The summed E-state index contributed by atoms with van der Waals surface area (Å²) in [5.74, 6) is 0. The molecule has 0 N–H and O–H groups in total. The molecule has 0 atom stereocenters. The van der Waals surface area contributed by atoms with Crippen LogP contribution >= 0.6 is 7.37 Å². The van der Waals surface area contributed by atoms with Crippen LogP contribution < -0.4 is 10.6 Å². The first kappa shape index (κ1) is 11.1. The molecular weight excluding hydrogens is 219 g/mol. The Hall–Kier alpha value is -1.37. The summed E-state index contributed by atoms with van der Waals surface area (Å²) in [6.07, 6.45) is 0. The first-order valence-corrected chi connectivity index (χ1v) is 6.67. The van der Waals surface area contributed by atoms with E-state index in [1.807, 2.05) is 60.7 Å². The summed E-state index contributed by atoms with van der Waals surface area (Å²) >= 11 is 0. The van der Waals surface area contributed by atoms with E-state index in [1.165, 1.54) is 7.11 Å². The third kappa shape index (κ3) is 1.95. The Labute approximate surface area is 95.3 Å². The van der Waals surface area contributed by atoms with Crippen LogP contribution in [0.25, 0.3) is 0 Å². The van der Waals surface area contributed by atoms with Gasteiger partial charge in [-0.1, -0.05) is 36.4 Å². The average Bonchev–Trinajstić information content (AvgIpc) is 2.40. The predicted octanol–water partition coefficient (Wildman–Crippen LogP) is 2.56. The molecule has 0 saturated carbocycles. The maximum absolute atomic E-state index is 12.8. The van der Waals surface area contributed by atoms with Gasteiger partial charge in [0.05, 0.1) is 0 Å². The van der Waals surface area contributed by atoms with Crippen molar-refractivity contribution in [3.05, 3.63) is 60.7 Å². The van der Waals surface area contributed by atoms with Crippen LogP contribution in [-0.2, 0) is 9.09 Å². The van der Waals surface area contributed by atoms with E-state index in [0.29, 0.717) is 0 Å². The van der Waals surface area contributed by atoms with Gasteiger partial charge in [0.2, 0.25) is 0 Å². The summed E-state index contributed by atoms with van der Waals surface area (Å²) in [5, 5.41) is 1.45. The largest absolute Gasteiger partial charge is 0.325 e. The molecule has 82 valence electrons. The summed E-state index contributed by atoms with van der Waals surface area (Å²) < 4.78 is 18.0. The van der Waals surface area contributed by atoms with Crippen molar-refractivity contribution in [2.24, 2.45) is 0 Å². The number of rotatable bonds is 3. The molecule has 0 amide bonds. The lowest BCUT2D eigenvalue weighted by molar-refractivity contribution is 0.412. The first-order valence-electron chi connectivity index (χ1n) is 5.04. The standard InChI is InChI=1S/C13H13O2P/c1-15-16(14,12-8-4-2-5-9-12)13-10-6-3-7-11-13/h2-11H,1H3. The minimum Gasteiger partial charge on any atom is -0.325 e. The van der Waals surface area contributed by atoms with Crippen LogP contribution in [0.15, 0.2) is 60.7 Å². The zero-order chi connectivity index (χ0) is 11.4. The van der Waals surface area contributed by atoms with Gasteiger partial charge in [-0.05, 0) is 24.3 Å². The number of benzene rings is 2. The van der Waals surface area contributed by atoms with Gasteiger partial charge < -0.3 is 4.52 Å². The van der Waals surface area contributed by atoms with Gasteiger partial charge in [-0.15, -0.1) is 0 Å². The van der Waals surface area contributed by atoms with Crippen LogP contribution in [-0.4, -0.2) is 7.11 Å². The smallest absolute Gasteiger partial charge is 0.261 e. The predicted molar refractivity (Wildman–Crippen MR) is 66.8 cm³/mol. The van der Waals surface area contributed by atoms with Gasteiger partial charge in [-0.2, -0.15) is 0 Å². The van der Waals surface area contributed by atoms with Crippen molar-refractivity contribution in [3.63, 3.8) is 0 Å². The van der Waals surface area contributed by atoms with Crippen molar-refractivity contribution in [2.45, 2.75) is 0 Å². The van der Waals surface area contributed by atoms with Crippen molar-refractivity contribution in [1.82, 2.24) is 0 Å². The second-order valence-electron chi connectivity index (χ2n) is 3.41. The molecule has 2 aromatic carbocycles. The second-order valence-corrected chi connectivity index (χ2v) is 5.91. The maximum atomic E-state index is 12.8. The van der Waals surface area contributed by atoms with Gasteiger partial charge in [0, 0.05) is 17.7 Å². The Morgan fingerprint density at radius 2 is 1.19 bits per heavy atom. The van der Waals surface area contributed by atoms with Crippen LogP contribution in [0.3, 0.4) is 0 Å². The molecule has 0 aliphatic carbocycles. The Bertz CT molecular complexity index is 450. The Balaban J connectivity index is 2.54. The molecule has 0 bridgehead atoms. The van der Waals surface area contributed by atoms with E-state index in [-0.39, 0.29) is 0 Å². The molecule has 0 fully saturated rings. The highest BCUT2D eigenvalue weighted by Gasteiger charge is 2.26. The SMILES string of the molecule is COP(=O)(c1ccccc1)c1ccccc1. The van der Waals surface area contributed by atoms with E-state index in [2.05, 4.69) is 0 Å². The molecule has 16 heavy (non-hydrogen) atoms. The first-order chi connectivity index (χ1) is 7.77. The van der Waals surface area contributed by atoms with Crippen LogP contribution in [0, 0.1) is 0 Å². The molecule has 0 saturated heterocycles. The zero-order valence-electron chi connectivity index (χ0n) is 9.04. The minimum absolute atomic E-state index is 0.726. The molecule has 3 heteroatoms. The molecular formula is C13H13O2P. The molecule has 2 rings (SSSR count). The molecule has 0 aromatic heterocycles. The van der Waals surface area contributed by atoms with Gasteiger partial charge in [0.1, 0.15) is 0 Å². The maximum Gasteiger partial charge on any atom is 0.261 e. The topological polar surface area (TPSA) is 26.3 Å². The molecule has 2 nitrogen and oxygen atoms in total. The monoisotopic (exact) mass is 232 g/mol. The lowest BCUT2D eigenvalue weighted by Crippen LogP contribution is -2.16. The van der Waals surface area contributed by atoms with Crippen molar-refractivity contribution in [2.75, 3.05) is 7.11 Å². The fourth-order valence-electron chi connectivity index (χ4n) is 1.61. The summed E-state index contributed by atoms with van der Waals surface area (Å²) in [6.45, 7) is 0. The van der Waals surface area contributed by atoms with Gasteiger partial charge in [-0.25, -0.2) is 0 Å². The van der Waals surface area contributed by atoms with E-state index in [4.69, 9.17) is 4.52 Å². The van der Waals surface area contributed by atoms with E-state index >= 15 is 0 Å². The Morgan fingerprint density at radius 3 is 1.50 bits per heavy atom. The molecule has 0 spiro atoms. The molecule has 0 aliphatic rings. The van der Waals surface area contributed by atoms with Crippen molar-refractivity contribution < 1.29 is 9.09 Å². The third-order valence-electron chi connectivity index (χ3n) is 2.45. The normalized spacial score (nSPS) is 11.3. The van der Waals surface area contributed by atoms with Crippen molar-refractivity contribution in [3.8, 4) is 0 Å². The highest BCUT2D eigenvalue weighted by molar-refractivity contribution is 7.74. The van der Waals surface area contributed by atoms with E-state index in [0.717, 1.165) is 10.6 Å². The third-order valence-corrected chi connectivity index (χ3v) is 4.92. The zero-order valence-corrected chi connectivity index (χ0v) is 9.93. The van der Waals surface area contributed by atoms with Crippen LogP contribution in [0.2, 0.25) is 0 Å². The van der Waals surface area contributed by atoms with Gasteiger partial charge in [0.25, 0.3) is 7.37 Å². The minimum atomic E-state index is -2.90. The molecule has 0 unspecified atom stereocenters. The highest BCUT2D eigenvalue weighted by atomic mass is 31.2. The van der Waals surface area contributed by atoms with Crippen molar-refractivity contribution >= 4 is 18.0 Å². The summed E-state index contributed by atoms with van der Waals surface area (Å²) in [5.41, 5.74) is 0. The van der Waals surface area contributed by atoms with Crippen LogP contribution in [0.4, 0.5) is 0 Å². The Morgan fingerprint density at radius 1 is 0.812 bits per heavy atom. The van der Waals surface area contributed by atoms with Crippen molar-refractivity contribution in [1.29, 1.82) is 0 Å². The van der Waals surface area contributed by atoms with Gasteiger partial charge in [-0.3, -0.25) is 4.57 Å². The molecule has 0 aliphatic heterocycles. The lowest BCUT2D eigenvalue weighted by Gasteiger charge is -2.16. The lowest BCUT2D eigenvalue weighted by atomic mass is 10.4. The van der Waals surface area contributed by atoms with Crippen LogP contribution in [0.5, 0.6) is 0 Å². The summed E-state index contributed by atoms with van der Waals surface area (Å²) in [4.78, 5) is 0. The van der Waals surface area contributed by atoms with E-state index in [9.17, 15) is 4.57 Å². The highest BCUT2D eigenvalue weighted by Crippen LogP contribution is 2.43. The molecule has 0 radical (unpaired) electrons. The Kier molecular flexibility index (Phi) is 3.23. The average molecular weight is 232 g/mol. The van der Waals surface area contributed by atoms with Gasteiger partial charge in [0.15, 0.2) is 0 Å². The second kappa shape index (κ2) is 4.65. The summed E-state index contributed by atoms with van der Waals surface area (Å²) in [7, 11) is -1.42. The number of hydrogen-bond donors (Lipinski definition) is 0. The van der Waals surface area contributed by atoms with E-state index < -0.39 is 7.37 Å². The molecule has 2 aromatic rings. The molecule has 0 heterocycles. The van der Waals surface area contributed by atoms with Gasteiger partial charge >= 0.3 is 0 Å². The summed E-state index contributed by atoms with van der Waals surface area (Å²) in [6, 6.07) is 18.6. The van der Waals surface area contributed by atoms with E-state index in [1.54, 1.807) is 0 Å². The fourth-order valence-corrected chi connectivity index (χ4v) is 3.46. The fraction of sp³-hybridized carbons (Fsp3) is 0.0769. The quantitative estimate of drug-likeness (QED) is 0.760. The van der Waals surface area contributed by atoms with Crippen LogP contribution in [0.1, 0.15) is 0 Å².